The predicted molar refractivity (Wildman–Crippen MR) is 64.2 cm³/mol. The van der Waals surface area contributed by atoms with E-state index in [1.165, 1.54) is 6.07 Å². The molecule has 0 saturated heterocycles. The summed E-state index contributed by atoms with van der Waals surface area (Å²) in [6, 6.07) is 6.77. The van der Waals surface area contributed by atoms with Crippen molar-refractivity contribution in [2.75, 3.05) is 0 Å². The Labute approximate surface area is 103 Å². The van der Waals surface area contributed by atoms with E-state index in [-0.39, 0.29) is 10.7 Å². The molecule has 0 aliphatic heterocycles. The van der Waals surface area contributed by atoms with E-state index in [0.717, 1.165) is 11.3 Å². The highest BCUT2D eigenvalue weighted by atomic mass is 35.5. The SMILES string of the molecule is Cc1ccc(-c2ccc(C(=O)O)c(Cl)n2)cn1. The summed E-state index contributed by atoms with van der Waals surface area (Å²) in [6.45, 7) is 1.89. The highest BCUT2D eigenvalue weighted by molar-refractivity contribution is 6.32. The summed E-state index contributed by atoms with van der Waals surface area (Å²) in [5.74, 6) is -1.09. The fourth-order valence-corrected chi connectivity index (χ4v) is 1.61. The normalized spacial score (nSPS) is 10.2. The van der Waals surface area contributed by atoms with E-state index in [1.807, 2.05) is 19.1 Å². The van der Waals surface area contributed by atoms with Crippen molar-refractivity contribution < 1.29 is 9.90 Å². The van der Waals surface area contributed by atoms with Gasteiger partial charge in [0.05, 0.1) is 11.3 Å². The zero-order valence-corrected chi connectivity index (χ0v) is 9.77. The zero-order chi connectivity index (χ0) is 12.4. The number of aryl methyl sites for hydroxylation is 1. The van der Waals surface area contributed by atoms with E-state index in [9.17, 15) is 4.79 Å². The van der Waals surface area contributed by atoms with Crippen molar-refractivity contribution in [2.45, 2.75) is 6.92 Å². The van der Waals surface area contributed by atoms with Crippen LogP contribution in [-0.4, -0.2) is 21.0 Å². The molecule has 0 aliphatic rings. The molecule has 0 bridgehead atoms. The van der Waals surface area contributed by atoms with Gasteiger partial charge in [-0.3, -0.25) is 4.98 Å². The first-order valence-corrected chi connectivity index (χ1v) is 5.28. The minimum Gasteiger partial charge on any atom is -0.478 e. The zero-order valence-electron chi connectivity index (χ0n) is 9.01. The Morgan fingerprint density at radius 2 is 2.06 bits per heavy atom. The number of aromatic carboxylic acids is 1. The van der Waals surface area contributed by atoms with E-state index >= 15 is 0 Å². The Hall–Kier alpha value is -1.94. The number of carbonyl (C=O) groups is 1. The average molecular weight is 249 g/mol. The van der Waals surface area contributed by atoms with Crippen LogP contribution in [0.4, 0.5) is 0 Å². The quantitative estimate of drug-likeness (QED) is 0.830. The van der Waals surface area contributed by atoms with Gasteiger partial charge < -0.3 is 5.11 Å². The van der Waals surface area contributed by atoms with Gasteiger partial charge in [-0.2, -0.15) is 0 Å². The molecule has 0 aliphatic carbocycles. The van der Waals surface area contributed by atoms with Crippen LogP contribution in [0.1, 0.15) is 16.1 Å². The molecule has 0 fully saturated rings. The molecule has 2 rings (SSSR count). The van der Waals surface area contributed by atoms with Gasteiger partial charge in [0.1, 0.15) is 5.15 Å². The number of halogens is 1. The summed E-state index contributed by atoms with van der Waals surface area (Å²) in [6.07, 6.45) is 1.68. The number of pyridine rings is 2. The fourth-order valence-electron chi connectivity index (χ4n) is 1.37. The largest absolute Gasteiger partial charge is 0.478 e. The van der Waals surface area contributed by atoms with Crippen LogP contribution >= 0.6 is 11.6 Å². The third kappa shape index (κ3) is 2.42. The van der Waals surface area contributed by atoms with Crippen LogP contribution in [0, 0.1) is 6.92 Å². The molecule has 1 N–H and O–H groups in total. The molecule has 17 heavy (non-hydrogen) atoms. The Balaban J connectivity index is 2.44. The first-order chi connectivity index (χ1) is 8.08. The van der Waals surface area contributed by atoms with Crippen molar-refractivity contribution in [3.63, 3.8) is 0 Å². The Morgan fingerprint density at radius 1 is 1.29 bits per heavy atom. The van der Waals surface area contributed by atoms with Crippen molar-refractivity contribution in [1.29, 1.82) is 0 Å². The van der Waals surface area contributed by atoms with Gasteiger partial charge >= 0.3 is 5.97 Å². The highest BCUT2D eigenvalue weighted by Gasteiger charge is 2.11. The number of hydrogen-bond acceptors (Lipinski definition) is 3. The molecule has 0 atom stereocenters. The molecule has 4 nitrogen and oxygen atoms in total. The molecule has 0 amide bonds. The van der Waals surface area contributed by atoms with Gasteiger partial charge in [-0.15, -0.1) is 0 Å². The van der Waals surface area contributed by atoms with E-state index in [2.05, 4.69) is 9.97 Å². The van der Waals surface area contributed by atoms with Crippen LogP contribution in [-0.2, 0) is 0 Å². The molecule has 0 spiro atoms. The number of aromatic nitrogens is 2. The molecule has 5 heteroatoms. The first kappa shape index (κ1) is 11.5. The van der Waals surface area contributed by atoms with Crippen LogP contribution in [0.3, 0.4) is 0 Å². The summed E-state index contributed by atoms with van der Waals surface area (Å²) < 4.78 is 0. The van der Waals surface area contributed by atoms with E-state index in [0.29, 0.717) is 5.69 Å². The van der Waals surface area contributed by atoms with Crippen molar-refractivity contribution in [2.24, 2.45) is 0 Å². The lowest BCUT2D eigenvalue weighted by Gasteiger charge is -2.03. The Morgan fingerprint density at radius 3 is 2.59 bits per heavy atom. The maximum absolute atomic E-state index is 10.8. The molecule has 0 aromatic carbocycles. The average Bonchev–Trinajstić information content (AvgIpc) is 2.29. The van der Waals surface area contributed by atoms with Crippen LogP contribution in [0.2, 0.25) is 5.15 Å². The van der Waals surface area contributed by atoms with Gasteiger partial charge in [0.15, 0.2) is 0 Å². The molecule has 0 radical (unpaired) electrons. The van der Waals surface area contributed by atoms with Gasteiger partial charge in [0, 0.05) is 17.5 Å². The lowest BCUT2D eigenvalue weighted by atomic mass is 10.1. The summed E-state index contributed by atoms with van der Waals surface area (Å²) in [7, 11) is 0. The van der Waals surface area contributed by atoms with Crippen LogP contribution in [0.25, 0.3) is 11.3 Å². The molecule has 0 saturated carbocycles. The molecule has 2 aromatic rings. The third-order valence-electron chi connectivity index (χ3n) is 2.29. The Kier molecular flexibility index (Phi) is 3.06. The van der Waals surface area contributed by atoms with Crippen molar-refractivity contribution in [3.05, 3.63) is 46.9 Å². The summed E-state index contributed by atoms with van der Waals surface area (Å²) in [4.78, 5) is 19.0. The summed E-state index contributed by atoms with van der Waals surface area (Å²) >= 11 is 5.79. The number of hydrogen-bond donors (Lipinski definition) is 1. The minimum atomic E-state index is -1.09. The van der Waals surface area contributed by atoms with E-state index in [1.54, 1.807) is 12.3 Å². The van der Waals surface area contributed by atoms with Crippen LogP contribution in [0.15, 0.2) is 30.5 Å². The van der Waals surface area contributed by atoms with Gasteiger partial charge in [-0.1, -0.05) is 11.6 Å². The van der Waals surface area contributed by atoms with E-state index < -0.39 is 5.97 Å². The molecule has 86 valence electrons. The standard InChI is InChI=1S/C12H9ClN2O2/c1-7-2-3-8(6-14-7)10-5-4-9(12(16)17)11(13)15-10/h2-6H,1H3,(H,16,17). The second kappa shape index (κ2) is 4.51. The van der Waals surface area contributed by atoms with Gasteiger partial charge in [-0.25, -0.2) is 9.78 Å². The number of carboxylic acids is 1. The van der Waals surface area contributed by atoms with Crippen molar-refractivity contribution >= 4 is 17.6 Å². The number of carboxylic acid groups (broad SMARTS) is 1. The molecule has 2 aromatic heterocycles. The molecule has 2 heterocycles. The van der Waals surface area contributed by atoms with Gasteiger partial charge in [0.2, 0.25) is 0 Å². The first-order valence-electron chi connectivity index (χ1n) is 4.91. The lowest BCUT2D eigenvalue weighted by Crippen LogP contribution is -1.99. The monoisotopic (exact) mass is 248 g/mol. The maximum Gasteiger partial charge on any atom is 0.338 e. The number of nitrogens with zero attached hydrogens (tertiary/aromatic N) is 2. The number of rotatable bonds is 2. The molecular weight excluding hydrogens is 240 g/mol. The fraction of sp³-hybridized carbons (Fsp3) is 0.0833. The van der Waals surface area contributed by atoms with Gasteiger partial charge in [0.25, 0.3) is 0 Å². The third-order valence-corrected chi connectivity index (χ3v) is 2.57. The van der Waals surface area contributed by atoms with E-state index in [4.69, 9.17) is 16.7 Å². The molecule has 0 unspecified atom stereocenters. The second-order valence-electron chi connectivity index (χ2n) is 3.53. The van der Waals surface area contributed by atoms with Crippen molar-refractivity contribution in [1.82, 2.24) is 9.97 Å². The van der Waals surface area contributed by atoms with Gasteiger partial charge in [-0.05, 0) is 31.2 Å². The predicted octanol–water partition coefficient (Wildman–Crippen LogP) is 2.80. The van der Waals surface area contributed by atoms with Crippen LogP contribution < -0.4 is 0 Å². The molecular formula is C12H9ClN2O2. The lowest BCUT2D eigenvalue weighted by molar-refractivity contribution is 0.0696. The second-order valence-corrected chi connectivity index (χ2v) is 3.89. The summed E-state index contributed by atoms with van der Waals surface area (Å²) in [5, 5.41) is 8.81. The maximum atomic E-state index is 10.8. The topological polar surface area (TPSA) is 63.1 Å². The highest BCUT2D eigenvalue weighted by Crippen LogP contribution is 2.21. The smallest absolute Gasteiger partial charge is 0.338 e. The Bertz CT molecular complexity index is 567. The minimum absolute atomic E-state index is 0.00418. The summed E-state index contributed by atoms with van der Waals surface area (Å²) in [5.41, 5.74) is 2.31. The van der Waals surface area contributed by atoms with Crippen LogP contribution in [0.5, 0.6) is 0 Å². The van der Waals surface area contributed by atoms with Crippen molar-refractivity contribution in [3.8, 4) is 11.3 Å².